The summed E-state index contributed by atoms with van der Waals surface area (Å²) in [5.41, 5.74) is 0. The van der Waals surface area contributed by atoms with Gasteiger partial charge in [-0.3, -0.25) is 0 Å². The molecule has 0 saturated heterocycles. The number of rotatable bonds is 3. The van der Waals surface area contributed by atoms with Crippen LogP contribution in [-0.2, 0) is 0 Å². The van der Waals surface area contributed by atoms with Crippen LogP contribution in [0.3, 0.4) is 0 Å². The Morgan fingerprint density at radius 1 is 1.35 bits per heavy atom. The molecule has 0 bridgehead atoms. The summed E-state index contributed by atoms with van der Waals surface area (Å²) in [6, 6.07) is 6.16. The van der Waals surface area contributed by atoms with Crippen LogP contribution < -0.4 is 4.74 Å². The molecule has 0 N–H and O–H groups in total. The van der Waals surface area contributed by atoms with E-state index in [0.717, 1.165) is 5.39 Å². The van der Waals surface area contributed by atoms with Crippen molar-refractivity contribution in [3.8, 4) is 5.88 Å². The molecule has 0 saturated carbocycles. The van der Waals surface area contributed by atoms with Gasteiger partial charge in [0, 0.05) is 5.39 Å². The number of halogens is 2. The normalized spacial score (nSPS) is 11.1. The van der Waals surface area contributed by atoms with Crippen molar-refractivity contribution in [2.75, 3.05) is 6.61 Å². The van der Waals surface area contributed by atoms with Crippen LogP contribution >= 0.6 is 11.6 Å². The SMILES string of the molecule is CC(C)COc1nc(Cl)cc2ccc(F)cc12. The smallest absolute Gasteiger partial charge is 0.222 e. The number of pyridine rings is 1. The van der Waals surface area contributed by atoms with Crippen molar-refractivity contribution in [1.82, 2.24) is 4.98 Å². The molecule has 0 fully saturated rings. The zero-order valence-electron chi connectivity index (χ0n) is 9.71. The van der Waals surface area contributed by atoms with E-state index in [2.05, 4.69) is 4.98 Å². The Hall–Kier alpha value is -1.35. The van der Waals surface area contributed by atoms with Gasteiger partial charge in [0.1, 0.15) is 11.0 Å². The van der Waals surface area contributed by atoms with Gasteiger partial charge >= 0.3 is 0 Å². The predicted octanol–water partition coefficient (Wildman–Crippen LogP) is 4.06. The third-order valence-electron chi connectivity index (χ3n) is 2.28. The van der Waals surface area contributed by atoms with Gasteiger partial charge in [0.05, 0.1) is 6.61 Å². The first-order valence-electron chi connectivity index (χ1n) is 5.45. The molecule has 0 spiro atoms. The second kappa shape index (κ2) is 4.88. The van der Waals surface area contributed by atoms with Crippen molar-refractivity contribution in [3.05, 3.63) is 35.2 Å². The van der Waals surface area contributed by atoms with Crippen molar-refractivity contribution in [2.24, 2.45) is 5.92 Å². The molecule has 1 aromatic heterocycles. The minimum absolute atomic E-state index is 0.309. The van der Waals surface area contributed by atoms with Gasteiger partial charge in [0.2, 0.25) is 5.88 Å². The molecule has 2 rings (SSSR count). The summed E-state index contributed by atoms with van der Waals surface area (Å²) in [7, 11) is 0. The first-order chi connectivity index (χ1) is 8.06. The number of fused-ring (bicyclic) bond motifs is 1. The third-order valence-corrected chi connectivity index (χ3v) is 2.48. The van der Waals surface area contributed by atoms with E-state index in [1.807, 2.05) is 13.8 Å². The van der Waals surface area contributed by atoms with E-state index in [4.69, 9.17) is 16.3 Å². The molecule has 0 aliphatic carbocycles. The zero-order chi connectivity index (χ0) is 12.4. The fourth-order valence-corrected chi connectivity index (χ4v) is 1.71. The monoisotopic (exact) mass is 253 g/mol. The second-order valence-corrected chi connectivity index (χ2v) is 4.71. The summed E-state index contributed by atoms with van der Waals surface area (Å²) in [5, 5.41) is 1.82. The molecule has 90 valence electrons. The summed E-state index contributed by atoms with van der Waals surface area (Å²) < 4.78 is 18.8. The highest BCUT2D eigenvalue weighted by Crippen LogP contribution is 2.27. The summed E-state index contributed by atoms with van der Waals surface area (Å²) >= 11 is 5.89. The Labute approximate surface area is 104 Å². The Morgan fingerprint density at radius 2 is 2.12 bits per heavy atom. The average Bonchev–Trinajstić information content (AvgIpc) is 2.26. The molecule has 1 heterocycles. The maximum atomic E-state index is 13.2. The van der Waals surface area contributed by atoms with Gasteiger partial charge in [-0.15, -0.1) is 0 Å². The Morgan fingerprint density at radius 3 is 2.82 bits per heavy atom. The highest BCUT2D eigenvalue weighted by atomic mass is 35.5. The molecule has 0 amide bonds. The second-order valence-electron chi connectivity index (χ2n) is 4.32. The molecule has 17 heavy (non-hydrogen) atoms. The molecule has 0 atom stereocenters. The van der Waals surface area contributed by atoms with Crippen LogP contribution in [0, 0.1) is 11.7 Å². The van der Waals surface area contributed by atoms with E-state index < -0.39 is 0 Å². The quantitative estimate of drug-likeness (QED) is 0.770. The summed E-state index contributed by atoms with van der Waals surface area (Å²) in [6.07, 6.45) is 0. The number of hydrogen-bond acceptors (Lipinski definition) is 2. The van der Waals surface area contributed by atoms with Crippen molar-refractivity contribution < 1.29 is 9.13 Å². The number of benzene rings is 1. The Bertz CT molecular complexity index is 542. The fraction of sp³-hybridized carbons (Fsp3) is 0.308. The maximum absolute atomic E-state index is 13.2. The van der Waals surface area contributed by atoms with Crippen molar-refractivity contribution in [3.63, 3.8) is 0 Å². The van der Waals surface area contributed by atoms with E-state index >= 15 is 0 Å². The van der Waals surface area contributed by atoms with Gasteiger partial charge in [-0.2, -0.15) is 0 Å². The van der Waals surface area contributed by atoms with Gasteiger partial charge in [-0.1, -0.05) is 31.5 Å². The van der Waals surface area contributed by atoms with Crippen LogP contribution in [0.25, 0.3) is 10.8 Å². The lowest BCUT2D eigenvalue weighted by Gasteiger charge is -2.10. The standard InChI is InChI=1S/C13H13ClFNO/c1-8(2)7-17-13-11-6-10(15)4-3-9(11)5-12(14)16-13/h3-6,8H,7H2,1-2H3. The van der Waals surface area contributed by atoms with Gasteiger partial charge < -0.3 is 4.74 Å². The number of nitrogens with zero attached hydrogens (tertiary/aromatic N) is 1. The van der Waals surface area contributed by atoms with Crippen LogP contribution in [0.2, 0.25) is 5.15 Å². The summed E-state index contributed by atoms with van der Waals surface area (Å²) in [5.74, 6) is 0.455. The third kappa shape index (κ3) is 2.86. The molecule has 0 unspecified atom stereocenters. The predicted molar refractivity (Wildman–Crippen MR) is 67.0 cm³/mol. The molecule has 1 aromatic carbocycles. The minimum Gasteiger partial charge on any atom is -0.477 e. The topological polar surface area (TPSA) is 22.1 Å². The summed E-state index contributed by atoms with van der Waals surface area (Å²) in [6.45, 7) is 4.60. The van der Waals surface area contributed by atoms with E-state index in [1.54, 1.807) is 12.1 Å². The molecule has 0 aliphatic rings. The number of hydrogen-bond donors (Lipinski definition) is 0. The lowest BCUT2D eigenvalue weighted by Crippen LogP contribution is -2.06. The van der Waals surface area contributed by atoms with E-state index in [9.17, 15) is 4.39 Å². The van der Waals surface area contributed by atoms with Gasteiger partial charge in [-0.25, -0.2) is 9.37 Å². The van der Waals surface area contributed by atoms with Crippen LogP contribution in [0.1, 0.15) is 13.8 Å². The first kappa shape index (κ1) is 12.1. The van der Waals surface area contributed by atoms with Crippen LogP contribution in [0.15, 0.2) is 24.3 Å². The van der Waals surface area contributed by atoms with Crippen LogP contribution in [0.4, 0.5) is 4.39 Å². The van der Waals surface area contributed by atoms with E-state index in [-0.39, 0.29) is 5.82 Å². The maximum Gasteiger partial charge on any atom is 0.222 e. The van der Waals surface area contributed by atoms with Crippen molar-refractivity contribution in [2.45, 2.75) is 13.8 Å². The largest absolute Gasteiger partial charge is 0.477 e. The summed E-state index contributed by atoms with van der Waals surface area (Å²) in [4.78, 5) is 4.09. The lowest BCUT2D eigenvalue weighted by molar-refractivity contribution is 0.264. The number of aromatic nitrogens is 1. The van der Waals surface area contributed by atoms with Crippen LogP contribution in [0.5, 0.6) is 5.88 Å². The lowest BCUT2D eigenvalue weighted by atomic mass is 10.1. The first-order valence-corrected chi connectivity index (χ1v) is 5.82. The highest BCUT2D eigenvalue weighted by Gasteiger charge is 2.08. The molecule has 2 aromatic rings. The Balaban J connectivity index is 2.48. The van der Waals surface area contributed by atoms with Crippen molar-refractivity contribution >= 4 is 22.4 Å². The van der Waals surface area contributed by atoms with E-state index in [1.165, 1.54) is 12.1 Å². The van der Waals surface area contributed by atoms with Crippen LogP contribution in [-0.4, -0.2) is 11.6 Å². The molecule has 0 radical (unpaired) electrons. The molecule has 4 heteroatoms. The molecular weight excluding hydrogens is 241 g/mol. The van der Waals surface area contributed by atoms with Crippen molar-refractivity contribution in [1.29, 1.82) is 0 Å². The van der Waals surface area contributed by atoms with Gasteiger partial charge in [0.15, 0.2) is 0 Å². The van der Waals surface area contributed by atoms with Gasteiger partial charge in [-0.05, 0) is 29.5 Å². The molecular formula is C13H13ClFNO. The Kier molecular flexibility index (Phi) is 3.48. The van der Waals surface area contributed by atoms with Gasteiger partial charge in [0.25, 0.3) is 0 Å². The average molecular weight is 254 g/mol. The number of ether oxygens (including phenoxy) is 1. The zero-order valence-corrected chi connectivity index (χ0v) is 10.5. The molecule has 2 nitrogen and oxygen atoms in total. The highest BCUT2D eigenvalue weighted by molar-refractivity contribution is 6.30. The fourth-order valence-electron chi connectivity index (χ4n) is 1.51. The van der Waals surface area contributed by atoms with E-state index in [0.29, 0.717) is 28.9 Å². The minimum atomic E-state index is -0.309. The molecule has 0 aliphatic heterocycles.